The number of ether oxygens (including phenoxy) is 1. The van der Waals surface area contributed by atoms with Crippen LogP contribution in [0, 0.1) is 0 Å². The maximum atomic E-state index is 12.1. The quantitative estimate of drug-likeness (QED) is 0.685. The number of benzene rings is 1. The van der Waals surface area contributed by atoms with E-state index in [0.717, 1.165) is 4.90 Å². The Hall–Kier alpha value is -1.49. The molecule has 0 spiro atoms. The van der Waals surface area contributed by atoms with Gasteiger partial charge in [-0.25, -0.2) is 4.79 Å². The minimum absolute atomic E-state index is 0.299. The molecular weight excluding hydrogens is 274 g/mol. The van der Waals surface area contributed by atoms with E-state index in [1.54, 1.807) is 19.1 Å². The van der Waals surface area contributed by atoms with Crippen LogP contribution in [-0.2, 0) is 9.53 Å². The number of carbonyl (C=O) groups excluding carboxylic acids is 2. The lowest BCUT2D eigenvalue weighted by atomic mass is 10.1. The molecule has 0 radical (unpaired) electrons. The highest BCUT2D eigenvalue weighted by Gasteiger charge is 2.23. The Morgan fingerprint density at radius 2 is 1.85 bits per heavy atom. The molecule has 4 nitrogen and oxygen atoms in total. The number of thioether (sulfide) groups is 1. The van der Waals surface area contributed by atoms with Crippen molar-refractivity contribution in [2.45, 2.75) is 44.2 Å². The molecular formula is C15H21NO3S. The lowest BCUT2D eigenvalue weighted by Gasteiger charge is -2.23. The average molecular weight is 295 g/mol. The molecule has 0 aliphatic rings. The first kappa shape index (κ1) is 16.6. The third-order valence-corrected chi connectivity index (χ3v) is 3.27. The van der Waals surface area contributed by atoms with Gasteiger partial charge in [0.05, 0.1) is 5.56 Å². The van der Waals surface area contributed by atoms with Crippen LogP contribution >= 0.6 is 11.8 Å². The van der Waals surface area contributed by atoms with Crippen LogP contribution in [0.3, 0.4) is 0 Å². The molecule has 0 saturated carbocycles. The Labute approximate surface area is 124 Å². The molecule has 1 rings (SSSR count). The molecule has 1 unspecified atom stereocenters. The van der Waals surface area contributed by atoms with Crippen LogP contribution < -0.4 is 5.32 Å². The van der Waals surface area contributed by atoms with Crippen molar-refractivity contribution in [2.75, 3.05) is 6.26 Å². The SMILES string of the molecule is CSc1ccccc1C(=O)OC(C)C(=O)NC(C)(C)C. The summed E-state index contributed by atoms with van der Waals surface area (Å²) in [4.78, 5) is 24.8. The lowest BCUT2D eigenvalue weighted by Crippen LogP contribution is -2.46. The van der Waals surface area contributed by atoms with Gasteiger partial charge >= 0.3 is 5.97 Å². The van der Waals surface area contributed by atoms with Crippen molar-refractivity contribution in [3.63, 3.8) is 0 Å². The highest BCUT2D eigenvalue weighted by Crippen LogP contribution is 2.21. The second kappa shape index (κ2) is 6.79. The van der Waals surface area contributed by atoms with E-state index in [9.17, 15) is 9.59 Å². The second-order valence-corrected chi connectivity index (χ2v) is 6.34. The number of carbonyl (C=O) groups is 2. The van der Waals surface area contributed by atoms with Gasteiger partial charge in [0.15, 0.2) is 6.10 Å². The van der Waals surface area contributed by atoms with Crippen LogP contribution in [0.1, 0.15) is 38.1 Å². The summed E-state index contributed by atoms with van der Waals surface area (Å²) in [5.74, 6) is -0.779. The molecule has 5 heteroatoms. The number of esters is 1. The first-order valence-corrected chi connectivity index (χ1v) is 7.63. The van der Waals surface area contributed by atoms with Gasteiger partial charge in [-0.05, 0) is 46.1 Å². The number of nitrogens with one attached hydrogen (secondary N) is 1. The Morgan fingerprint density at radius 3 is 2.40 bits per heavy atom. The molecule has 0 bridgehead atoms. The summed E-state index contributed by atoms with van der Waals surface area (Å²) < 4.78 is 5.22. The van der Waals surface area contributed by atoms with Crippen molar-refractivity contribution in [1.82, 2.24) is 5.32 Å². The lowest BCUT2D eigenvalue weighted by molar-refractivity contribution is -0.130. The number of amides is 1. The molecule has 0 aliphatic heterocycles. The summed E-state index contributed by atoms with van der Waals surface area (Å²) in [6, 6.07) is 7.18. The number of hydrogen-bond acceptors (Lipinski definition) is 4. The van der Waals surface area contributed by atoms with Gasteiger partial charge in [0.25, 0.3) is 5.91 Å². The minimum atomic E-state index is -0.823. The smallest absolute Gasteiger partial charge is 0.340 e. The van der Waals surface area contributed by atoms with E-state index in [4.69, 9.17) is 4.74 Å². The predicted octanol–water partition coefficient (Wildman–Crippen LogP) is 2.87. The molecule has 1 atom stereocenters. The molecule has 1 N–H and O–H groups in total. The van der Waals surface area contributed by atoms with Crippen molar-refractivity contribution in [2.24, 2.45) is 0 Å². The topological polar surface area (TPSA) is 55.4 Å². The molecule has 110 valence electrons. The second-order valence-electron chi connectivity index (χ2n) is 5.49. The summed E-state index contributed by atoms with van der Waals surface area (Å²) in [5.41, 5.74) is 0.130. The molecule has 0 aliphatic carbocycles. The average Bonchev–Trinajstić information content (AvgIpc) is 2.36. The van der Waals surface area contributed by atoms with E-state index in [1.165, 1.54) is 11.8 Å². The van der Waals surface area contributed by atoms with Crippen LogP contribution in [0.4, 0.5) is 0 Å². The number of rotatable bonds is 4. The van der Waals surface area contributed by atoms with Crippen LogP contribution in [-0.4, -0.2) is 29.8 Å². The Balaban J connectivity index is 2.73. The van der Waals surface area contributed by atoms with Crippen molar-refractivity contribution in [3.8, 4) is 0 Å². The fourth-order valence-corrected chi connectivity index (χ4v) is 2.15. The predicted molar refractivity (Wildman–Crippen MR) is 81.0 cm³/mol. The van der Waals surface area contributed by atoms with Crippen LogP contribution in [0.25, 0.3) is 0 Å². The molecule has 1 aromatic rings. The fourth-order valence-electron chi connectivity index (χ4n) is 1.56. The Kier molecular flexibility index (Phi) is 5.62. The van der Waals surface area contributed by atoms with Crippen LogP contribution in [0.5, 0.6) is 0 Å². The minimum Gasteiger partial charge on any atom is -0.449 e. The largest absolute Gasteiger partial charge is 0.449 e. The van der Waals surface area contributed by atoms with Gasteiger partial charge in [-0.3, -0.25) is 4.79 Å². The molecule has 0 fully saturated rings. The van der Waals surface area contributed by atoms with Crippen molar-refractivity contribution < 1.29 is 14.3 Å². The first-order chi connectivity index (χ1) is 9.24. The summed E-state index contributed by atoms with van der Waals surface area (Å²) in [5, 5.41) is 2.78. The van der Waals surface area contributed by atoms with Crippen molar-refractivity contribution in [3.05, 3.63) is 29.8 Å². The first-order valence-electron chi connectivity index (χ1n) is 6.40. The van der Waals surface area contributed by atoms with E-state index in [-0.39, 0.29) is 11.4 Å². The molecule has 1 amide bonds. The number of hydrogen-bond donors (Lipinski definition) is 1. The van der Waals surface area contributed by atoms with Gasteiger partial charge in [0, 0.05) is 10.4 Å². The zero-order chi connectivity index (χ0) is 15.3. The van der Waals surface area contributed by atoms with Gasteiger partial charge in [0.2, 0.25) is 0 Å². The van der Waals surface area contributed by atoms with E-state index in [1.807, 2.05) is 39.2 Å². The van der Waals surface area contributed by atoms with Gasteiger partial charge < -0.3 is 10.1 Å². The Bertz CT molecular complexity index is 494. The van der Waals surface area contributed by atoms with E-state index in [0.29, 0.717) is 5.56 Å². The zero-order valence-corrected chi connectivity index (χ0v) is 13.3. The molecule has 0 heterocycles. The third-order valence-electron chi connectivity index (χ3n) is 2.48. The highest BCUT2D eigenvalue weighted by atomic mass is 32.2. The monoisotopic (exact) mass is 295 g/mol. The summed E-state index contributed by atoms with van der Waals surface area (Å²) in [7, 11) is 0. The summed E-state index contributed by atoms with van der Waals surface area (Å²) >= 11 is 1.47. The molecule has 1 aromatic carbocycles. The van der Waals surface area contributed by atoms with E-state index >= 15 is 0 Å². The molecule has 0 aromatic heterocycles. The summed E-state index contributed by atoms with van der Waals surface area (Å²) in [6.45, 7) is 7.20. The van der Waals surface area contributed by atoms with E-state index in [2.05, 4.69) is 5.32 Å². The van der Waals surface area contributed by atoms with Crippen LogP contribution in [0.2, 0.25) is 0 Å². The summed E-state index contributed by atoms with van der Waals surface area (Å²) in [6.07, 6.45) is 1.07. The van der Waals surface area contributed by atoms with Crippen molar-refractivity contribution in [1.29, 1.82) is 0 Å². The van der Waals surface area contributed by atoms with E-state index < -0.39 is 12.1 Å². The van der Waals surface area contributed by atoms with Gasteiger partial charge in [-0.2, -0.15) is 0 Å². The third kappa shape index (κ3) is 4.89. The fraction of sp³-hybridized carbons (Fsp3) is 0.467. The maximum absolute atomic E-state index is 12.1. The molecule has 0 saturated heterocycles. The van der Waals surface area contributed by atoms with Gasteiger partial charge in [0.1, 0.15) is 0 Å². The highest BCUT2D eigenvalue weighted by molar-refractivity contribution is 7.98. The normalized spacial score (nSPS) is 12.7. The zero-order valence-electron chi connectivity index (χ0n) is 12.5. The van der Waals surface area contributed by atoms with Gasteiger partial charge in [-0.15, -0.1) is 11.8 Å². The standard InChI is InChI=1S/C15H21NO3S/c1-10(13(17)16-15(2,3)4)19-14(18)11-8-6-7-9-12(11)20-5/h6-10H,1-5H3,(H,16,17). The van der Waals surface area contributed by atoms with Gasteiger partial charge in [-0.1, -0.05) is 12.1 Å². The van der Waals surface area contributed by atoms with Crippen molar-refractivity contribution >= 4 is 23.6 Å². The molecule has 20 heavy (non-hydrogen) atoms. The maximum Gasteiger partial charge on any atom is 0.340 e. The Morgan fingerprint density at radius 1 is 1.25 bits per heavy atom. The van der Waals surface area contributed by atoms with Crippen LogP contribution in [0.15, 0.2) is 29.2 Å².